The maximum absolute atomic E-state index is 13.5. The van der Waals surface area contributed by atoms with Crippen LogP contribution in [0.25, 0.3) is 6.08 Å². The van der Waals surface area contributed by atoms with Crippen molar-refractivity contribution in [2.24, 2.45) is 0 Å². The molecule has 4 rings (SSSR count). The summed E-state index contributed by atoms with van der Waals surface area (Å²) >= 11 is 1.36. The molecule has 4 aromatic rings. The van der Waals surface area contributed by atoms with E-state index in [9.17, 15) is 14.4 Å². The minimum Gasteiger partial charge on any atom is -0.497 e. The molecule has 0 atom stereocenters. The Morgan fingerprint density at radius 3 is 2.34 bits per heavy atom. The SMILES string of the molecule is CCc1cccc(C)c1NC(=O)CSc1cccc(NC(=O)/C(=C\c2ccc(OC)cc2OC)NC(=O)c2ccccc2)c1. The van der Waals surface area contributed by atoms with Gasteiger partial charge in [-0.15, -0.1) is 11.8 Å². The summed E-state index contributed by atoms with van der Waals surface area (Å²) in [7, 11) is 3.07. The number of hydrogen-bond donors (Lipinski definition) is 3. The van der Waals surface area contributed by atoms with Crippen LogP contribution >= 0.6 is 11.8 Å². The fourth-order valence-electron chi connectivity index (χ4n) is 4.42. The third kappa shape index (κ3) is 8.52. The first-order chi connectivity index (χ1) is 21.3. The summed E-state index contributed by atoms with van der Waals surface area (Å²) in [6.45, 7) is 4.03. The molecule has 226 valence electrons. The average molecular weight is 610 g/mol. The van der Waals surface area contributed by atoms with Gasteiger partial charge in [-0.3, -0.25) is 14.4 Å². The normalized spacial score (nSPS) is 11.0. The van der Waals surface area contributed by atoms with Gasteiger partial charge in [0.1, 0.15) is 17.2 Å². The molecular formula is C35H35N3O5S. The molecule has 8 nitrogen and oxygen atoms in total. The Balaban J connectivity index is 1.51. The van der Waals surface area contributed by atoms with Crippen LogP contribution in [0.5, 0.6) is 11.5 Å². The number of para-hydroxylation sites is 1. The third-order valence-corrected chi connectivity index (χ3v) is 7.73. The summed E-state index contributed by atoms with van der Waals surface area (Å²) in [4.78, 5) is 40.2. The molecule has 0 saturated carbocycles. The van der Waals surface area contributed by atoms with Crippen molar-refractivity contribution >= 4 is 46.9 Å². The maximum atomic E-state index is 13.5. The Morgan fingerprint density at radius 2 is 1.61 bits per heavy atom. The molecule has 0 spiro atoms. The molecule has 0 radical (unpaired) electrons. The number of hydrogen-bond acceptors (Lipinski definition) is 6. The van der Waals surface area contributed by atoms with E-state index in [1.54, 1.807) is 73.8 Å². The van der Waals surface area contributed by atoms with Gasteiger partial charge in [-0.05, 0) is 73.0 Å². The van der Waals surface area contributed by atoms with Crippen molar-refractivity contribution in [3.8, 4) is 11.5 Å². The van der Waals surface area contributed by atoms with Crippen molar-refractivity contribution in [2.45, 2.75) is 25.2 Å². The van der Waals surface area contributed by atoms with Crippen LogP contribution in [0.4, 0.5) is 11.4 Å². The van der Waals surface area contributed by atoms with E-state index in [4.69, 9.17) is 9.47 Å². The average Bonchev–Trinajstić information content (AvgIpc) is 3.05. The van der Waals surface area contributed by atoms with Crippen LogP contribution in [0.3, 0.4) is 0 Å². The molecule has 4 aromatic carbocycles. The van der Waals surface area contributed by atoms with E-state index in [-0.39, 0.29) is 17.4 Å². The van der Waals surface area contributed by atoms with Crippen LogP contribution in [0.1, 0.15) is 34.0 Å². The highest BCUT2D eigenvalue weighted by Crippen LogP contribution is 2.28. The second kappa shape index (κ2) is 15.5. The summed E-state index contributed by atoms with van der Waals surface area (Å²) in [6, 6.07) is 27.0. The van der Waals surface area contributed by atoms with Crippen molar-refractivity contribution < 1.29 is 23.9 Å². The highest BCUT2D eigenvalue weighted by atomic mass is 32.2. The standard InChI is InChI=1S/C35H35N3O5S/c1-5-24-14-9-11-23(2)33(24)38-32(39)22-44-29-16-10-15-27(20-29)36-35(41)30(37-34(40)25-12-7-6-8-13-25)19-26-17-18-28(42-3)21-31(26)43-4/h6-21H,5,22H2,1-4H3,(H,36,41)(H,37,40)(H,38,39)/b30-19+. The summed E-state index contributed by atoms with van der Waals surface area (Å²) in [5, 5.41) is 8.64. The zero-order chi connectivity index (χ0) is 31.5. The number of benzene rings is 4. The van der Waals surface area contributed by atoms with Gasteiger partial charge in [0.15, 0.2) is 0 Å². The third-order valence-electron chi connectivity index (χ3n) is 6.74. The highest BCUT2D eigenvalue weighted by Gasteiger charge is 2.17. The van der Waals surface area contributed by atoms with Crippen LogP contribution in [0, 0.1) is 6.92 Å². The molecular weight excluding hydrogens is 574 g/mol. The van der Waals surface area contributed by atoms with E-state index < -0.39 is 11.8 Å². The van der Waals surface area contributed by atoms with Crippen LogP contribution in [0.2, 0.25) is 0 Å². The van der Waals surface area contributed by atoms with E-state index in [0.717, 1.165) is 28.1 Å². The van der Waals surface area contributed by atoms with Gasteiger partial charge in [0, 0.05) is 33.5 Å². The second-order valence-corrected chi connectivity index (χ2v) is 10.8. The minimum absolute atomic E-state index is 0.0183. The number of carbonyl (C=O) groups is 3. The molecule has 3 amide bonds. The van der Waals surface area contributed by atoms with E-state index >= 15 is 0 Å². The van der Waals surface area contributed by atoms with E-state index in [2.05, 4.69) is 22.9 Å². The van der Waals surface area contributed by atoms with Gasteiger partial charge in [-0.2, -0.15) is 0 Å². The topological polar surface area (TPSA) is 106 Å². The summed E-state index contributed by atoms with van der Waals surface area (Å²) in [6.07, 6.45) is 2.37. The Hall–Kier alpha value is -5.02. The number of nitrogens with one attached hydrogen (secondary N) is 3. The lowest BCUT2D eigenvalue weighted by Crippen LogP contribution is -2.30. The van der Waals surface area contributed by atoms with Crippen LogP contribution in [-0.2, 0) is 16.0 Å². The number of rotatable bonds is 12. The van der Waals surface area contributed by atoms with Crippen LogP contribution in [-0.4, -0.2) is 37.7 Å². The maximum Gasteiger partial charge on any atom is 0.272 e. The number of carbonyl (C=O) groups excluding carboxylic acids is 3. The molecule has 0 bridgehead atoms. The van der Waals surface area contributed by atoms with Gasteiger partial charge in [0.25, 0.3) is 11.8 Å². The lowest BCUT2D eigenvalue weighted by molar-refractivity contribution is -0.114. The first kappa shape index (κ1) is 31.9. The number of thioether (sulfide) groups is 1. The van der Waals surface area contributed by atoms with Crippen LogP contribution < -0.4 is 25.4 Å². The lowest BCUT2D eigenvalue weighted by Gasteiger charge is -2.14. The molecule has 0 unspecified atom stereocenters. The molecule has 3 N–H and O–H groups in total. The quantitative estimate of drug-likeness (QED) is 0.122. The molecule has 0 aliphatic carbocycles. The first-order valence-electron chi connectivity index (χ1n) is 14.0. The van der Waals surface area contributed by atoms with Gasteiger partial charge in [0.05, 0.1) is 20.0 Å². The largest absolute Gasteiger partial charge is 0.497 e. The number of ether oxygens (including phenoxy) is 2. The minimum atomic E-state index is -0.529. The zero-order valence-corrected chi connectivity index (χ0v) is 25.9. The van der Waals surface area contributed by atoms with Crippen molar-refractivity contribution in [3.05, 3.63) is 119 Å². The highest BCUT2D eigenvalue weighted by molar-refractivity contribution is 8.00. The fraction of sp³-hybridized carbons (Fsp3) is 0.171. The summed E-state index contributed by atoms with van der Waals surface area (Å²) < 4.78 is 10.8. The zero-order valence-electron chi connectivity index (χ0n) is 25.1. The van der Waals surface area contributed by atoms with E-state index in [0.29, 0.717) is 28.3 Å². The van der Waals surface area contributed by atoms with Crippen molar-refractivity contribution in [1.29, 1.82) is 0 Å². The Bertz CT molecular complexity index is 1670. The number of aryl methyl sites for hydroxylation is 2. The van der Waals surface area contributed by atoms with Crippen molar-refractivity contribution in [3.63, 3.8) is 0 Å². The Labute approximate surface area is 261 Å². The predicted molar refractivity (Wildman–Crippen MR) is 176 cm³/mol. The first-order valence-corrected chi connectivity index (χ1v) is 15.0. The molecule has 44 heavy (non-hydrogen) atoms. The molecule has 0 heterocycles. The number of anilines is 2. The van der Waals surface area contributed by atoms with Gasteiger partial charge >= 0.3 is 0 Å². The second-order valence-electron chi connectivity index (χ2n) is 9.77. The molecule has 0 saturated heterocycles. The molecule has 0 fully saturated rings. The van der Waals surface area contributed by atoms with E-state index in [1.165, 1.54) is 18.9 Å². The van der Waals surface area contributed by atoms with Gasteiger partial charge in [0.2, 0.25) is 5.91 Å². The van der Waals surface area contributed by atoms with E-state index in [1.807, 2.05) is 37.3 Å². The smallest absolute Gasteiger partial charge is 0.272 e. The molecule has 0 aliphatic heterocycles. The fourth-order valence-corrected chi connectivity index (χ4v) is 5.18. The summed E-state index contributed by atoms with van der Waals surface area (Å²) in [5.74, 6) is 0.178. The Morgan fingerprint density at radius 1 is 0.841 bits per heavy atom. The van der Waals surface area contributed by atoms with Crippen LogP contribution in [0.15, 0.2) is 102 Å². The monoisotopic (exact) mass is 609 g/mol. The predicted octanol–water partition coefficient (Wildman–Crippen LogP) is 6.72. The number of amides is 3. The van der Waals surface area contributed by atoms with Gasteiger partial charge in [-0.1, -0.05) is 49.4 Å². The molecule has 9 heteroatoms. The summed E-state index contributed by atoms with van der Waals surface area (Å²) in [5.41, 5.74) is 4.46. The van der Waals surface area contributed by atoms with Crippen molar-refractivity contribution in [2.75, 3.05) is 30.6 Å². The Kier molecular flexibility index (Phi) is 11.2. The molecule has 0 aromatic heterocycles. The number of methoxy groups -OCH3 is 2. The van der Waals surface area contributed by atoms with Gasteiger partial charge < -0.3 is 25.4 Å². The molecule has 0 aliphatic rings. The van der Waals surface area contributed by atoms with Gasteiger partial charge in [-0.25, -0.2) is 0 Å². The lowest BCUT2D eigenvalue weighted by atomic mass is 10.1. The van der Waals surface area contributed by atoms with Crippen molar-refractivity contribution in [1.82, 2.24) is 5.32 Å².